The third-order valence-corrected chi connectivity index (χ3v) is 3.82. The number of halogens is 1. The lowest BCUT2D eigenvalue weighted by molar-refractivity contribution is -0.384. The molecule has 0 heterocycles. The quantitative estimate of drug-likeness (QED) is 0.285. The van der Waals surface area contributed by atoms with Crippen LogP contribution in [-0.4, -0.2) is 43.2 Å². The number of benzene rings is 2. The minimum absolute atomic E-state index is 0.0737. The largest absolute Gasteiger partial charge is 0.449 e. The highest BCUT2D eigenvalue weighted by Crippen LogP contribution is 2.26. The smallest absolute Gasteiger partial charge is 0.339 e. The van der Waals surface area contributed by atoms with Gasteiger partial charge in [0.25, 0.3) is 11.6 Å². The van der Waals surface area contributed by atoms with E-state index in [-0.39, 0.29) is 16.9 Å². The molecule has 0 unspecified atom stereocenters. The zero-order valence-electron chi connectivity index (χ0n) is 15.8. The van der Waals surface area contributed by atoms with Gasteiger partial charge in [0, 0.05) is 25.4 Å². The van der Waals surface area contributed by atoms with Gasteiger partial charge in [-0.15, -0.1) is 0 Å². The number of nitro benzene ring substituents is 1. The normalized spacial score (nSPS) is 11.4. The Bertz CT molecular complexity index is 888. The number of nitro groups is 1. The lowest BCUT2D eigenvalue weighted by Crippen LogP contribution is -2.30. The molecule has 0 saturated carbocycles. The van der Waals surface area contributed by atoms with Crippen molar-refractivity contribution in [3.8, 4) is 0 Å². The van der Waals surface area contributed by atoms with Gasteiger partial charge in [0.05, 0.1) is 17.1 Å². The van der Waals surface area contributed by atoms with E-state index < -0.39 is 28.7 Å². The van der Waals surface area contributed by atoms with Crippen LogP contribution in [0.2, 0.25) is 0 Å². The fraction of sp³-hybridized carbons (Fsp3) is 0.263. The van der Waals surface area contributed by atoms with Gasteiger partial charge in [-0.05, 0) is 43.3 Å². The van der Waals surface area contributed by atoms with Gasteiger partial charge < -0.3 is 20.1 Å². The molecule has 0 radical (unpaired) electrons. The van der Waals surface area contributed by atoms with Crippen LogP contribution in [0.25, 0.3) is 0 Å². The average molecular weight is 405 g/mol. The lowest BCUT2D eigenvalue weighted by atomic mass is 10.1. The highest BCUT2D eigenvalue weighted by atomic mass is 19.1. The molecule has 0 aliphatic heterocycles. The van der Waals surface area contributed by atoms with Gasteiger partial charge >= 0.3 is 5.97 Å². The first-order chi connectivity index (χ1) is 13.8. The summed E-state index contributed by atoms with van der Waals surface area (Å²) in [5.74, 6) is -1.97. The third-order valence-electron chi connectivity index (χ3n) is 3.82. The molecule has 2 aromatic rings. The summed E-state index contributed by atoms with van der Waals surface area (Å²) >= 11 is 0. The number of hydrogen-bond donors (Lipinski definition) is 2. The van der Waals surface area contributed by atoms with E-state index in [9.17, 15) is 24.1 Å². The number of nitrogens with one attached hydrogen (secondary N) is 2. The van der Waals surface area contributed by atoms with Crippen molar-refractivity contribution in [2.75, 3.05) is 30.9 Å². The summed E-state index contributed by atoms with van der Waals surface area (Å²) in [4.78, 5) is 35.1. The summed E-state index contributed by atoms with van der Waals surface area (Å²) in [5, 5.41) is 16.6. The summed E-state index contributed by atoms with van der Waals surface area (Å²) in [6.07, 6.45) is -1.17. The van der Waals surface area contributed by atoms with E-state index in [1.807, 2.05) is 0 Å². The van der Waals surface area contributed by atoms with Gasteiger partial charge in [0.1, 0.15) is 11.5 Å². The Morgan fingerprint density at radius 3 is 2.52 bits per heavy atom. The molecule has 1 atom stereocenters. The number of ether oxygens (including phenoxy) is 2. The SMILES string of the molecule is COCCNc1ccc(C(=O)O[C@@H](C)C(=O)Nc2ccc(F)cc2)cc1[N+](=O)[O-]. The highest BCUT2D eigenvalue weighted by Gasteiger charge is 2.22. The summed E-state index contributed by atoms with van der Waals surface area (Å²) < 4.78 is 22.9. The summed E-state index contributed by atoms with van der Waals surface area (Å²) in [6.45, 7) is 2.05. The number of esters is 1. The van der Waals surface area contributed by atoms with Crippen molar-refractivity contribution in [2.45, 2.75) is 13.0 Å². The molecular formula is C19H20FN3O6. The van der Waals surface area contributed by atoms with Crippen molar-refractivity contribution in [3.05, 3.63) is 64.0 Å². The van der Waals surface area contributed by atoms with E-state index >= 15 is 0 Å². The number of methoxy groups -OCH3 is 1. The molecule has 2 N–H and O–H groups in total. The standard InChI is InChI=1S/C19H20FN3O6/c1-12(18(24)22-15-6-4-14(20)5-7-15)29-19(25)13-3-8-16(21-9-10-28-2)17(11-13)23(26)27/h3-8,11-12,21H,9-10H2,1-2H3,(H,22,24)/t12-/m0/s1. The molecule has 29 heavy (non-hydrogen) atoms. The first kappa shape index (κ1) is 21.8. The summed E-state index contributed by atoms with van der Waals surface area (Å²) in [6, 6.07) is 8.88. The Balaban J connectivity index is 2.04. The summed E-state index contributed by atoms with van der Waals surface area (Å²) in [7, 11) is 1.50. The van der Waals surface area contributed by atoms with Crippen LogP contribution in [0.3, 0.4) is 0 Å². The second-order valence-corrected chi connectivity index (χ2v) is 5.95. The van der Waals surface area contributed by atoms with Crippen molar-refractivity contribution in [1.29, 1.82) is 0 Å². The van der Waals surface area contributed by atoms with Crippen molar-refractivity contribution >= 4 is 28.9 Å². The van der Waals surface area contributed by atoms with Gasteiger partial charge in [0.2, 0.25) is 0 Å². The second kappa shape index (κ2) is 10.1. The van der Waals surface area contributed by atoms with Gasteiger partial charge in [-0.25, -0.2) is 9.18 Å². The Hall–Kier alpha value is -3.53. The van der Waals surface area contributed by atoms with Gasteiger partial charge in [-0.1, -0.05) is 0 Å². The number of carbonyl (C=O) groups is 2. The van der Waals surface area contributed by atoms with E-state index in [1.165, 1.54) is 50.4 Å². The molecule has 1 amide bonds. The van der Waals surface area contributed by atoms with E-state index in [2.05, 4.69) is 10.6 Å². The average Bonchev–Trinajstić information content (AvgIpc) is 2.69. The Kier molecular flexibility index (Phi) is 7.61. The van der Waals surface area contributed by atoms with Crippen LogP contribution >= 0.6 is 0 Å². The van der Waals surface area contributed by atoms with Gasteiger partial charge in [-0.3, -0.25) is 14.9 Å². The van der Waals surface area contributed by atoms with Crippen LogP contribution in [0.4, 0.5) is 21.5 Å². The number of nitrogens with zero attached hydrogens (tertiary/aromatic N) is 1. The van der Waals surface area contributed by atoms with Crippen LogP contribution < -0.4 is 10.6 Å². The zero-order chi connectivity index (χ0) is 21.4. The molecule has 0 bridgehead atoms. The minimum atomic E-state index is -1.17. The fourth-order valence-corrected chi connectivity index (χ4v) is 2.31. The molecule has 0 saturated heterocycles. The van der Waals surface area contributed by atoms with E-state index in [0.29, 0.717) is 18.8 Å². The molecule has 10 heteroatoms. The van der Waals surface area contributed by atoms with Crippen LogP contribution in [0.5, 0.6) is 0 Å². The molecule has 9 nitrogen and oxygen atoms in total. The highest BCUT2D eigenvalue weighted by molar-refractivity contribution is 5.97. The van der Waals surface area contributed by atoms with Crippen molar-refractivity contribution in [1.82, 2.24) is 0 Å². The molecule has 2 rings (SSSR count). The Morgan fingerprint density at radius 2 is 1.90 bits per heavy atom. The second-order valence-electron chi connectivity index (χ2n) is 5.95. The minimum Gasteiger partial charge on any atom is -0.449 e. The molecule has 0 aliphatic carbocycles. The van der Waals surface area contributed by atoms with Crippen LogP contribution in [-0.2, 0) is 14.3 Å². The maximum absolute atomic E-state index is 12.9. The Morgan fingerprint density at radius 1 is 1.21 bits per heavy atom. The van der Waals surface area contributed by atoms with Crippen LogP contribution in [0, 0.1) is 15.9 Å². The molecular weight excluding hydrogens is 385 g/mol. The van der Waals surface area contributed by atoms with Gasteiger partial charge in [-0.2, -0.15) is 0 Å². The molecule has 0 aliphatic rings. The van der Waals surface area contributed by atoms with Crippen molar-refractivity contribution in [2.24, 2.45) is 0 Å². The molecule has 0 fully saturated rings. The van der Waals surface area contributed by atoms with E-state index in [4.69, 9.17) is 9.47 Å². The predicted molar refractivity (Wildman–Crippen MR) is 103 cm³/mol. The predicted octanol–water partition coefficient (Wildman–Crippen LogP) is 2.98. The monoisotopic (exact) mass is 405 g/mol. The number of anilines is 2. The number of hydrogen-bond acceptors (Lipinski definition) is 7. The first-order valence-corrected chi connectivity index (χ1v) is 8.60. The van der Waals surface area contributed by atoms with Gasteiger partial charge in [0.15, 0.2) is 6.10 Å². The number of carbonyl (C=O) groups excluding carboxylic acids is 2. The van der Waals surface area contributed by atoms with E-state index in [1.54, 1.807) is 0 Å². The maximum Gasteiger partial charge on any atom is 0.339 e. The number of amides is 1. The lowest BCUT2D eigenvalue weighted by Gasteiger charge is -2.14. The molecule has 0 spiro atoms. The molecule has 2 aromatic carbocycles. The topological polar surface area (TPSA) is 120 Å². The maximum atomic E-state index is 12.9. The molecule has 0 aromatic heterocycles. The first-order valence-electron chi connectivity index (χ1n) is 8.60. The zero-order valence-corrected chi connectivity index (χ0v) is 15.8. The van der Waals surface area contributed by atoms with Crippen LogP contribution in [0.15, 0.2) is 42.5 Å². The van der Waals surface area contributed by atoms with E-state index in [0.717, 1.165) is 6.07 Å². The fourth-order valence-electron chi connectivity index (χ4n) is 2.31. The van der Waals surface area contributed by atoms with Crippen molar-refractivity contribution in [3.63, 3.8) is 0 Å². The van der Waals surface area contributed by atoms with Crippen LogP contribution in [0.1, 0.15) is 17.3 Å². The van der Waals surface area contributed by atoms with Crippen molar-refractivity contribution < 1.29 is 28.4 Å². The summed E-state index contributed by atoms with van der Waals surface area (Å²) in [5.41, 5.74) is 0.182. The number of rotatable bonds is 9. The third kappa shape index (κ3) is 6.25. The molecule has 154 valence electrons. The Labute approximate surface area is 166 Å².